The van der Waals surface area contributed by atoms with Gasteiger partial charge in [0, 0.05) is 18.6 Å². The second-order valence-corrected chi connectivity index (χ2v) is 6.53. The molecule has 0 radical (unpaired) electrons. The number of hydrogen-bond acceptors (Lipinski definition) is 2. The van der Waals surface area contributed by atoms with E-state index in [-0.39, 0.29) is 23.9 Å². The molecular formula is C14H26N2O3. The first-order valence-corrected chi connectivity index (χ1v) is 7.02. The van der Waals surface area contributed by atoms with E-state index in [2.05, 4.69) is 5.32 Å². The lowest BCUT2D eigenvalue weighted by molar-refractivity contribution is -0.137. The summed E-state index contributed by atoms with van der Waals surface area (Å²) < 4.78 is 0. The van der Waals surface area contributed by atoms with Crippen LogP contribution in [0.4, 0.5) is 4.79 Å². The molecule has 5 heteroatoms. The molecule has 0 aliphatic heterocycles. The Morgan fingerprint density at radius 1 is 1.37 bits per heavy atom. The fraction of sp³-hybridized carbons (Fsp3) is 0.857. The van der Waals surface area contributed by atoms with Gasteiger partial charge in [-0.25, -0.2) is 4.79 Å². The summed E-state index contributed by atoms with van der Waals surface area (Å²) in [7, 11) is 0. The Hall–Kier alpha value is -1.26. The summed E-state index contributed by atoms with van der Waals surface area (Å²) in [6, 6.07) is -0.0802. The van der Waals surface area contributed by atoms with E-state index in [9.17, 15) is 9.59 Å². The van der Waals surface area contributed by atoms with Crippen LogP contribution < -0.4 is 5.32 Å². The normalized spacial score (nSPS) is 16.8. The first-order chi connectivity index (χ1) is 8.73. The molecule has 1 aliphatic rings. The minimum atomic E-state index is -0.871. The molecule has 0 aromatic rings. The van der Waals surface area contributed by atoms with Crippen molar-refractivity contribution in [3.63, 3.8) is 0 Å². The molecule has 1 aliphatic carbocycles. The highest BCUT2D eigenvalue weighted by atomic mass is 16.4. The van der Waals surface area contributed by atoms with Gasteiger partial charge in [-0.3, -0.25) is 4.79 Å². The highest BCUT2D eigenvalue weighted by molar-refractivity contribution is 5.76. The molecular weight excluding hydrogens is 244 g/mol. The molecule has 110 valence electrons. The number of rotatable bonds is 6. The van der Waals surface area contributed by atoms with Crippen LogP contribution in [0.2, 0.25) is 0 Å². The van der Waals surface area contributed by atoms with Gasteiger partial charge in [-0.1, -0.05) is 20.8 Å². The van der Waals surface area contributed by atoms with E-state index in [1.807, 2.05) is 27.7 Å². The number of nitrogens with zero attached hydrogens (tertiary/aromatic N) is 1. The molecule has 19 heavy (non-hydrogen) atoms. The lowest BCUT2D eigenvalue weighted by Gasteiger charge is -2.29. The smallest absolute Gasteiger partial charge is 0.317 e. The fourth-order valence-electron chi connectivity index (χ4n) is 2.34. The topological polar surface area (TPSA) is 69.6 Å². The monoisotopic (exact) mass is 270 g/mol. The minimum absolute atomic E-state index is 0.00990. The number of nitrogens with one attached hydrogen (secondary N) is 1. The average molecular weight is 270 g/mol. The predicted molar refractivity (Wildman–Crippen MR) is 74.0 cm³/mol. The van der Waals surface area contributed by atoms with E-state index in [1.165, 1.54) is 0 Å². The van der Waals surface area contributed by atoms with Crippen molar-refractivity contribution in [2.45, 2.75) is 65.5 Å². The van der Waals surface area contributed by atoms with Gasteiger partial charge >= 0.3 is 12.0 Å². The Labute approximate surface area is 115 Å². The van der Waals surface area contributed by atoms with Crippen LogP contribution in [0.3, 0.4) is 0 Å². The molecule has 0 heterocycles. The van der Waals surface area contributed by atoms with E-state index < -0.39 is 5.97 Å². The van der Waals surface area contributed by atoms with Crippen molar-refractivity contribution < 1.29 is 14.7 Å². The maximum Gasteiger partial charge on any atom is 0.317 e. The second kappa shape index (κ2) is 6.26. The van der Waals surface area contributed by atoms with E-state index in [0.717, 1.165) is 12.8 Å². The summed E-state index contributed by atoms with van der Waals surface area (Å²) in [6.45, 7) is 8.77. The van der Waals surface area contributed by atoms with Crippen LogP contribution in [0.5, 0.6) is 0 Å². The number of amides is 2. The lowest BCUT2D eigenvalue weighted by Crippen LogP contribution is -2.47. The van der Waals surface area contributed by atoms with Crippen LogP contribution in [-0.2, 0) is 4.79 Å². The van der Waals surface area contributed by atoms with Crippen molar-refractivity contribution >= 4 is 12.0 Å². The van der Waals surface area contributed by atoms with Crippen LogP contribution >= 0.6 is 0 Å². The van der Waals surface area contributed by atoms with Crippen LogP contribution in [0.25, 0.3) is 0 Å². The number of aliphatic carboxylic acids is 1. The zero-order valence-corrected chi connectivity index (χ0v) is 12.4. The predicted octanol–water partition coefficient (Wildman–Crippen LogP) is 2.46. The van der Waals surface area contributed by atoms with Crippen LogP contribution in [-0.4, -0.2) is 40.6 Å². The molecule has 1 rings (SSSR count). The lowest BCUT2D eigenvalue weighted by atomic mass is 9.87. The van der Waals surface area contributed by atoms with Gasteiger partial charge in [0.15, 0.2) is 0 Å². The number of carbonyl (C=O) groups excluding carboxylic acids is 1. The van der Waals surface area contributed by atoms with Crippen LogP contribution in [0, 0.1) is 5.41 Å². The molecule has 1 fully saturated rings. The number of carboxylic acids is 1. The molecule has 5 nitrogen and oxygen atoms in total. The van der Waals surface area contributed by atoms with Crippen molar-refractivity contribution in [3.05, 3.63) is 0 Å². The van der Waals surface area contributed by atoms with E-state index >= 15 is 0 Å². The summed E-state index contributed by atoms with van der Waals surface area (Å²) in [5.41, 5.74) is -0.00990. The van der Waals surface area contributed by atoms with Crippen molar-refractivity contribution in [1.82, 2.24) is 10.2 Å². The molecule has 2 N–H and O–H groups in total. The first kappa shape index (κ1) is 15.8. The summed E-state index contributed by atoms with van der Waals surface area (Å²) >= 11 is 0. The van der Waals surface area contributed by atoms with Gasteiger partial charge in [0.2, 0.25) is 0 Å². The first-order valence-electron chi connectivity index (χ1n) is 7.02. The Bertz CT molecular complexity index is 332. The molecule has 0 aromatic carbocycles. The maximum atomic E-state index is 12.2. The quantitative estimate of drug-likeness (QED) is 0.779. The van der Waals surface area contributed by atoms with E-state index in [4.69, 9.17) is 5.11 Å². The summed E-state index contributed by atoms with van der Waals surface area (Å²) in [5.74, 6) is -0.871. The standard InChI is InChI=1S/C14H26N2O3/c1-5-16(11-6-7-11)13(19)15-10(8-12(17)18)9-14(2,3)4/h10-11H,5-9H2,1-4H3,(H,15,19)(H,17,18). The van der Waals surface area contributed by atoms with Gasteiger partial charge < -0.3 is 15.3 Å². The average Bonchev–Trinajstić information content (AvgIpc) is 2.98. The molecule has 0 aromatic heterocycles. The molecule has 0 spiro atoms. The van der Waals surface area contributed by atoms with Crippen molar-refractivity contribution in [1.29, 1.82) is 0 Å². The van der Waals surface area contributed by atoms with Crippen LogP contribution in [0.15, 0.2) is 0 Å². The van der Waals surface area contributed by atoms with Gasteiger partial charge in [-0.05, 0) is 31.6 Å². The zero-order chi connectivity index (χ0) is 14.6. The van der Waals surface area contributed by atoms with Gasteiger partial charge in [0.25, 0.3) is 0 Å². The number of carboxylic acid groups (broad SMARTS) is 1. The highest BCUT2D eigenvalue weighted by Crippen LogP contribution is 2.27. The Balaban J connectivity index is 2.59. The molecule has 1 unspecified atom stereocenters. The SMILES string of the molecule is CCN(C(=O)NC(CC(=O)O)CC(C)(C)C)C1CC1. The number of hydrogen-bond donors (Lipinski definition) is 2. The van der Waals surface area contributed by atoms with Gasteiger partial charge in [0.1, 0.15) is 0 Å². The van der Waals surface area contributed by atoms with Gasteiger partial charge in [0.05, 0.1) is 6.42 Å². The second-order valence-electron chi connectivity index (χ2n) is 6.53. The van der Waals surface area contributed by atoms with E-state index in [0.29, 0.717) is 19.0 Å². The molecule has 2 amide bonds. The van der Waals surface area contributed by atoms with Gasteiger partial charge in [-0.15, -0.1) is 0 Å². The Morgan fingerprint density at radius 3 is 2.32 bits per heavy atom. The summed E-state index contributed by atoms with van der Waals surface area (Å²) in [6.07, 6.45) is 2.76. The number of urea groups is 1. The Kier molecular flexibility index (Phi) is 5.20. The third kappa shape index (κ3) is 5.94. The highest BCUT2D eigenvalue weighted by Gasteiger charge is 2.33. The summed E-state index contributed by atoms with van der Waals surface area (Å²) in [4.78, 5) is 24.9. The maximum absolute atomic E-state index is 12.2. The third-order valence-electron chi connectivity index (χ3n) is 3.20. The minimum Gasteiger partial charge on any atom is -0.481 e. The third-order valence-corrected chi connectivity index (χ3v) is 3.20. The molecule has 0 saturated heterocycles. The van der Waals surface area contributed by atoms with Crippen molar-refractivity contribution in [2.24, 2.45) is 5.41 Å². The van der Waals surface area contributed by atoms with E-state index in [1.54, 1.807) is 4.90 Å². The molecule has 1 saturated carbocycles. The van der Waals surface area contributed by atoms with Crippen molar-refractivity contribution in [3.8, 4) is 0 Å². The van der Waals surface area contributed by atoms with Crippen LogP contribution in [0.1, 0.15) is 53.4 Å². The summed E-state index contributed by atoms with van der Waals surface area (Å²) in [5, 5.41) is 11.8. The van der Waals surface area contributed by atoms with Gasteiger partial charge in [-0.2, -0.15) is 0 Å². The fourth-order valence-corrected chi connectivity index (χ4v) is 2.34. The molecule has 1 atom stereocenters. The largest absolute Gasteiger partial charge is 0.481 e. The Morgan fingerprint density at radius 2 is 1.95 bits per heavy atom. The number of carbonyl (C=O) groups is 2. The van der Waals surface area contributed by atoms with Crippen molar-refractivity contribution in [2.75, 3.05) is 6.54 Å². The zero-order valence-electron chi connectivity index (χ0n) is 12.4. The molecule has 0 bridgehead atoms.